The average molecular weight is 260 g/mol. The Hall–Kier alpha value is 0.310. The summed E-state index contributed by atoms with van der Waals surface area (Å²) in [6, 6.07) is 0.740. The summed E-state index contributed by atoms with van der Waals surface area (Å²) in [5.74, 6) is 1.28. The van der Waals surface area contributed by atoms with Crippen LogP contribution in [0.1, 0.15) is 72.6 Å². The third-order valence-corrected chi connectivity index (χ3v) is 4.23. The molecule has 2 heteroatoms. The van der Waals surface area contributed by atoms with Crippen molar-refractivity contribution < 1.29 is 0 Å². The van der Waals surface area contributed by atoms with Crippen molar-refractivity contribution in [2.45, 2.75) is 83.9 Å². The van der Waals surface area contributed by atoms with E-state index in [4.69, 9.17) is 0 Å². The quantitative estimate of drug-likeness (QED) is 0.502. The van der Waals surface area contributed by atoms with Crippen molar-refractivity contribution >= 4 is 11.8 Å². The topological polar surface area (TPSA) is 12.0 Å². The molecule has 1 N–H and O–H groups in total. The van der Waals surface area contributed by atoms with E-state index in [1.807, 2.05) is 0 Å². The van der Waals surface area contributed by atoms with E-state index in [1.54, 1.807) is 0 Å². The molecule has 104 valence electrons. The highest BCUT2D eigenvalue weighted by molar-refractivity contribution is 7.99. The van der Waals surface area contributed by atoms with Gasteiger partial charge in [-0.15, -0.1) is 0 Å². The second kappa shape index (κ2) is 12.8. The molecular weight excluding hydrogens is 226 g/mol. The molecule has 0 aromatic heterocycles. The molecule has 0 aliphatic carbocycles. The van der Waals surface area contributed by atoms with E-state index in [9.17, 15) is 0 Å². The molecule has 0 aliphatic heterocycles. The van der Waals surface area contributed by atoms with Crippen LogP contribution >= 0.6 is 11.8 Å². The molecule has 0 aromatic carbocycles. The molecule has 0 saturated carbocycles. The Bertz CT molecular complexity index is 148. The summed E-state index contributed by atoms with van der Waals surface area (Å²) in [4.78, 5) is 0. The van der Waals surface area contributed by atoms with Gasteiger partial charge in [-0.05, 0) is 24.6 Å². The standard InChI is InChI=1S/C15H33NS/c1-5-7-8-9-10-11-15(16-12-6-2)13-17-14(3)4/h14-16H,5-13H2,1-4H3. The number of unbranched alkanes of at least 4 members (excludes halogenated alkanes) is 4. The van der Waals surface area contributed by atoms with Crippen molar-refractivity contribution in [2.75, 3.05) is 12.3 Å². The van der Waals surface area contributed by atoms with Gasteiger partial charge < -0.3 is 5.32 Å². The van der Waals surface area contributed by atoms with Gasteiger partial charge in [-0.3, -0.25) is 0 Å². The van der Waals surface area contributed by atoms with Crippen LogP contribution in [0.2, 0.25) is 0 Å². The lowest BCUT2D eigenvalue weighted by Crippen LogP contribution is -2.32. The molecule has 0 radical (unpaired) electrons. The molecule has 0 heterocycles. The molecule has 0 aliphatic rings. The summed E-state index contributed by atoms with van der Waals surface area (Å²) < 4.78 is 0. The Kier molecular flexibility index (Phi) is 13.0. The Balaban J connectivity index is 3.61. The molecule has 17 heavy (non-hydrogen) atoms. The zero-order chi connectivity index (χ0) is 12.9. The maximum Gasteiger partial charge on any atom is 0.0158 e. The molecule has 1 nitrogen and oxygen atoms in total. The number of hydrogen-bond donors (Lipinski definition) is 1. The Labute approximate surface area is 114 Å². The smallest absolute Gasteiger partial charge is 0.0158 e. The van der Waals surface area contributed by atoms with Gasteiger partial charge in [0.05, 0.1) is 0 Å². The Morgan fingerprint density at radius 2 is 1.65 bits per heavy atom. The van der Waals surface area contributed by atoms with Crippen molar-refractivity contribution in [3.63, 3.8) is 0 Å². The van der Waals surface area contributed by atoms with Gasteiger partial charge in [-0.1, -0.05) is 59.8 Å². The molecular formula is C15H33NS. The molecule has 1 atom stereocenters. The van der Waals surface area contributed by atoms with Crippen LogP contribution in [0.3, 0.4) is 0 Å². The molecule has 0 fully saturated rings. The van der Waals surface area contributed by atoms with Crippen molar-refractivity contribution in [3.05, 3.63) is 0 Å². The summed E-state index contributed by atoms with van der Waals surface area (Å²) in [6.45, 7) is 10.3. The highest BCUT2D eigenvalue weighted by atomic mass is 32.2. The normalized spacial score (nSPS) is 13.2. The van der Waals surface area contributed by atoms with Gasteiger partial charge in [0.15, 0.2) is 0 Å². The van der Waals surface area contributed by atoms with Gasteiger partial charge in [0, 0.05) is 11.8 Å². The van der Waals surface area contributed by atoms with Crippen LogP contribution in [-0.4, -0.2) is 23.6 Å². The predicted octanol–water partition coefficient (Wildman–Crippen LogP) is 4.86. The average Bonchev–Trinajstić information content (AvgIpc) is 2.31. The second-order valence-electron chi connectivity index (χ2n) is 5.24. The molecule has 0 aromatic rings. The van der Waals surface area contributed by atoms with Gasteiger partial charge in [0.25, 0.3) is 0 Å². The van der Waals surface area contributed by atoms with Crippen molar-refractivity contribution in [3.8, 4) is 0 Å². The highest BCUT2D eigenvalue weighted by Gasteiger charge is 2.08. The van der Waals surface area contributed by atoms with E-state index in [0.717, 1.165) is 11.3 Å². The van der Waals surface area contributed by atoms with Gasteiger partial charge in [0.2, 0.25) is 0 Å². The lowest BCUT2D eigenvalue weighted by atomic mass is 10.1. The van der Waals surface area contributed by atoms with Gasteiger partial charge in [0.1, 0.15) is 0 Å². The van der Waals surface area contributed by atoms with Crippen molar-refractivity contribution in [1.29, 1.82) is 0 Å². The van der Waals surface area contributed by atoms with Crippen LogP contribution in [0.15, 0.2) is 0 Å². The van der Waals surface area contributed by atoms with E-state index in [2.05, 4.69) is 44.8 Å². The number of rotatable bonds is 12. The van der Waals surface area contributed by atoms with E-state index in [0.29, 0.717) is 0 Å². The summed E-state index contributed by atoms with van der Waals surface area (Å²) >= 11 is 2.10. The van der Waals surface area contributed by atoms with Gasteiger partial charge >= 0.3 is 0 Å². The molecule has 0 rings (SSSR count). The maximum absolute atomic E-state index is 3.69. The SMILES string of the molecule is CCCCCCCC(CSC(C)C)NCCC. The molecule has 0 bridgehead atoms. The zero-order valence-electron chi connectivity index (χ0n) is 12.4. The van der Waals surface area contributed by atoms with E-state index < -0.39 is 0 Å². The van der Waals surface area contributed by atoms with Crippen LogP contribution in [0, 0.1) is 0 Å². The predicted molar refractivity (Wildman–Crippen MR) is 83.1 cm³/mol. The van der Waals surface area contributed by atoms with Gasteiger partial charge in [-0.25, -0.2) is 0 Å². The number of hydrogen-bond acceptors (Lipinski definition) is 2. The lowest BCUT2D eigenvalue weighted by Gasteiger charge is -2.19. The minimum atomic E-state index is 0.740. The summed E-state index contributed by atoms with van der Waals surface area (Å²) in [5.41, 5.74) is 0. The largest absolute Gasteiger partial charge is 0.313 e. The highest BCUT2D eigenvalue weighted by Crippen LogP contribution is 2.15. The Morgan fingerprint density at radius 1 is 0.941 bits per heavy atom. The number of nitrogens with one attached hydrogen (secondary N) is 1. The summed E-state index contributed by atoms with van der Waals surface area (Å²) in [5, 5.41) is 4.46. The minimum Gasteiger partial charge on any atom is -0.313 e. The first kappa shape index (κ1) is 17.3. The van der Waals surface area contributed by atoms with Crippen LogP contribution in [-0.2, 0) is 0 Å². The first-order chi connectivity index (χ1) is 8.20. The minimum absolute atomic E-state index is 0.740. The van der Waals surface area contributed by atoms with E-state index in [-0.39, 0.29) is 0 Å². The second-order valence-corrected chi connectivity index (χ2v) is 6.85. The van der Waals surface area contributed by atoms with Crippen LogP contribution < -0.4 is 5.32 Å². The van der Waals surface area contributed by atoms with Crippen LogP contribution in [0.5, 0.6) is 0 Å². The maximum atomic E-state index is 3.69. The first-order valence-electron chi connectivity index (χ1n) is 7.55. The summed E-state index contributed by atoms with van der Waals surface area (Å²) in [7, 11) is 0. The van der Waals surface area contributed by atoms with E-state index >= 15 is 0 Å². The summed E-state index contributed by atoms with van der Waals surface area (Å²) in [6.07, 6.45) is 9.62. The third-order valence-electron chi connectivity index (χ3n) is 2.97. The zero-order valence-corrected chi connectivity index (χ0v) is 13.2. The van der Waals surface area contributed by atoms with Crippen molar-refractivity contribution in [2.24, 2.45) is 0 Å². The van der Waals surface area contributed by atoms with Crippen LogP contribution in [0.25, 0.3) is 0 Å². The first-order valence-corrected chi connectivity index (χ1v) is 8.60. The third kappa shape index (κ3) is 12.6. The van der Waals surface area contributed by atoms with Crippen LogP contribution in [0.4, 0.5) is 0 Å². The fourth-order valence-corrected chi connectivity index (χ4v) is 2.80. The van der Waals surface area contributed by atoms with Crippen molar-refractivity contribution in [1.82, 2.24) is 5.32 Å². The Morgan fingerprint density at radius 3 is 2.24 bits per heavy atom. The fourth-order valence-electron chi connectivity index (χ4n) is 1.90. The van der Waals surface area contributed by atoms with E-state index in [1.165, 1.54) is 57.2 Å². The molecule has 0 amide bonds. The molecule has 0 spiro atoms. The molecule has 1 unspecified atom stereocenters. The fraction of sp³-hybridized carbons (Fsp3) is 1.00. The monoisotopic (exact) mass is 259 g/mol. The lowest BCUT2D eigenvalue weighted by molar-refractivity contribution is 0.485. The number of thioether (sulfide) groups is 1. The van der Waals surface area contributed by atoms with Gasteiger partial charge in [-0.2, -0.15) is 11.8 Å². The molecule has 0 saturated heterocycles.